The van der Waals surface area contributed by atoms with Crippen LogP contribution in [-0.4, -0.2) is 38.8 Å². The Morgan fingerprint density at radius 2 is 1.88 bits per heavy atom. The average molecular weight is 261 g/mol. The van der Waals surface area contributed by atoms with Crippen molar-refractivity contribution >= 4 is 23.7 Å². The van der Waals surface area contributed by atoms with Gasteiger partial charge in [0, 0.05) is 4.75 Å². The van der Waals surface area contributed by atoms with Gasteiger partial charge in [-0.2, -0.15) is 0 Å². The highest BCUT2D eigenvalue weighted by Crippen LogP contribution is 2.38. The van der Waals surface area contributed by atoms with Gasteiger partial charge in [-0.3, -0.25) is 10.1 Å². The fraction of sp³-hybridized carbons (Fsp3) is 0.818. The van der Waals surface area contributed by atoms with Gasteiger partial charge >= 0.3 is 11.9 Å². The zero-order chi connectivity index (χ0) is 13.4. The first kappa shape index (κ1) is 14.3. The molecule has 1 saturated heterocycles. The summed E-state index contributed by atoms with van der Waals surface area (Å²) in [5.41, 5.74) is -0.565. The Morgan fingerprint density at radius 1 is 1.35 bits per heavy atom. The van der Waals surface area contributed by atoms with E-state index in [1.807, 2.05) is 0 Å². The van der Waals surface area contributed by atoms with Crippen molar-refractivity contribution in [3.63, 3.8) is 0 Å². The third-order valence-electron chi connectivity index (χ3n) is 2.30. The SMILES string of the molecule is CC(C)(C)OC(=O)[C@@H]1NC(C(=O)O)C(C)(C)S1. The smallest absolute Gasteiger partial charge is 0.334 e. The van der Waals surface area contributed by atoms with Crippen molar-refractivity contribution in [1.29, 1.82) is 0 Å². The van der Waals surface area contributed by atoms with Crippen LogP contribution in [0.1, 0.15) is 34.6 Å². The normalized spacial score (nSPS) is 27.8. The third kappa shape index (κ3) is 3.61. The zero-order valence-corrected chi connectivity index (χ0v) is 11.6. The molecule has 0 aromatic rings. The summed E-state index contributed by atoms with van der Waals surface area (Å²) in [6, 6.07) is -0.745. The first-order chi connectivity index (χ1) is 7.53. The van der Waals surface area contributed by atoms with Gasteiger partial charge in [0.15, 0.2) is 5.37 Å². The highest BCUT2D eigenvalue weighted by molar-refractivity contribution is 8.02. The second-order valence-corrected chi connectivity index (χ2v) is 7.33. The number of hydrogen-bond donors (Lipinski definition) is 2. The molecule has 1 fully saturated rings. The van der Waals surface area contributed by atoms with Gasteiger partial charge in [0.25, 0.3) is 0 Å². The van der Waals surface area contributed by atoms with Gasteiger partial charge in [-0.25, -0.2) is 4.79 Å². The molecule has 0 spiro atoms. The highest BCUT2D eigenvalue weighted by atomic mass is 32.2. The number of rotatable bonds is 2. The number of hydrogen-bond acceptors (Lipinski definition) is 5. The maximum Gasteiger partial charge on any atom is 0.334 e. The van der Waals surface area contributed by atoms with Crippen LogP contribution in [-0.2, 0) is 14.3 Å². The van der Waals surface area contributed by atoms with E-state index in [1.54, 1.807) is 34.6 Å². The predicted octanol–water partition coefficient (Wildman–Crippen LogP) is 1.22. The van der Waals surface area contributed by atoms with Gasteiger partial charge in [0.05, 0.1) is 0 Å². The predicted molar refractivity (Wildman–Crippen MR) is 65.9 cm³/mol. The number of carboxylic acids is 1. The van der Waals surface area contributed by atoms with Crippen LogP contribution >= 0.6 is 11.8 Å². The highest BCUT2D eigenvalue weighted by Gasteiger charge is 2.48. The Kier molecular flexibility index (Phi) is 3.78. The number of thioether (sulfide) groups is 1. The zero-order valence-electron chi connectivity index (χ0n) is 10.7. The van der Waals surface area contributed by atoms with Crippen molar-refractivity contribution in [3.8, 4) is 0 Å². The number of carbonyl (C=O) groups excluding carboxylic acids is 1. The van der Waals surface area contributed by atoms with E-state index in [0.29, 0.717) is 0 Å². The van der Waals surface area contributed by atoms with Crippen molar-refractivity contribution < 1.29 is 19.4 Å². The molecule has 1 heterocycles. The molecule has 5 nitrogen and oxygen atoms in total. The molecule has 1 unspecified atom stereocenters. The molecule has 0 aromatic carbocycles. The second-order valence-electron chi connectivity index (χ2n) is 5.57. The minimum absolute atomic E-state index is 0.417. The van der Waals surface area contributed by atoms with E-state index >= 15 is 0 Å². The van der Waals surface area contributed by atoms with Gasteiger partial charge in [-0.1, -0.05) is 0 Å². The Hall–Kier alpha value is -0.750. The summed E-state index contributed by atoms with van der Waals surface area (Å²) in [7, 11) is 0. The minimum Gasteiger partial charge on any atom is -0.480 e. The molecule has 2 atom stereocenters. The number of ether oxygens (including phenoxy) is 1. The van der Waals surface area contributed by atoms with Gasteiger partial charge in [0.1, 0.15) is 11.6 Å². The molecule has 0 aliphatic carbocycles. The minimum atomic E-state index is -0.950. The van der Waals surface area contributed by atoms with Crippen molar-refractivity contribution in [2.45, 2.75) is 56.4 Å². The maximum atomic E-state index is 11.8. The topological polar surface area (TPSA) is 75.6 Å². The monoisotopic (exact) mass is 261 g/mol. The van der Waals surface area contributed by atoms with Crippen molar-refractivity contribution in [2.75, 3.05) is 0 Å². The van der Waals surface area contributed by atoms with Crippen LogP contribution in [0.15, 0.2) is 0 Å². The lowest BCUT2D eigenvalue weighted by molar-refractivity contribution is -0.154. The van der Waals surface area contributed by atoms with Crippen LogP contribution in [0, 0.1) is 0 Å². The molecule has 0 amide bonds. The summed E-state index contributed by atoms with van der Waals surface area (Å²) in [6.45, 7) is 8.95. The molecule has 17 heavy (non-hydrogen) atoms. The third-order valence-corrected chi connectivity index (χ3v) is 3.71. The first-order valence-corrected chi connectivity index (χ1v) is 6.30. The van der Waals surface area contributed by atoms with Crippen LogP contribution in [0.4, 0.5) is 0 Å². The number of esters is 1. The molecular weight excluding hydrogens is 242 g/mol. The molecule has 2 N–H and O–H groups in total. The summed E-state index contributed by atoms with van der Waals surface area (Å²) in [5.74, 6) is -1.37. The Morgan fingerprint density at radius 3 is 2.24 bits per heavy atom. The molecular formula is C11H19NO4S. The van der Waals surface area contributed by atoms with E-state index in [4.69, 9.17) is 9.84 Å². The lowest BCUT2D eigenvalue weighted by Gasteiger charge is -2.22. The van der Waals surface area contributed by atoms with Crippen LogP contribution in [0.25, 0.3) is 0 Å². The maximum absolute atomic E-state index is 11.8. The number of nitrogens with one attached hydrogen (secondary N) is 1. The van der Waals surface area contributed by atoms with Crippen LogP contribution in [0.2, 0.25) is 0 Å². The standard InChI is InChI=1S/C11H19NO4S/c1-10(2,3)16-9(15)7-12-6(8(13)14)11(4,5)17-7/h6-7,12H,1-5H3,(H,13,14)/t6?,7-/m1/s1. The van der Waals surface area contributed by atoms with Crippen molar-refractivity contribution in [2.24, 2.45) is 0 Å². The summed E-state index contributed by atoms with van der Waals surface area (Å²) >= 11 is 1.29. The molecule has 6 heteroatoms. The molecule has 0 aromatic heterocycles. The summed E-state index contributed by atoms with van der Waals surface area (Å²) in [5, 5.41) is 11.2. The van der Waals surface area contributed by atoms with Crippen molar-refractivity contribution in [3.05, 3.63) is 0 Å². The summed E-state index contributed by atoms with van der Waals surface area (Å²) in [6.07, 6.45) is 0. The van der Waals surface area contributed by atoms with Gasteiger partial charge in [-0.05, 0) is 34.6 Å². The molecule has 0 saturated carbocycles. The Labute approximate surface area is 105 Å². The molecule has 0 radical (unpaired) electrons. The fourth-order valence-corrected chi connectivity index (χ4v) is 2.86. The molecule has 0 bridgehead atoms. The van der Waals surface area contributed by atoms with Crippen LogP contribution in [0.3, 0.4) is 0 Å². The Bertz CT molecular complexity index is 335. The molecule has 1 aliphatic heterocycles. The van der Waals surface area contributed by atoms with E-state index < -0.39 is 33.7 Å². The average Bonchev–Trinajstić information content (AvgIpc) is 2.38. The van der Waals surface area contributed by atoms with Gasteiger partial charge in [0.2, 0.25) is 0 Å². The van der Waals surface area contributed by atoms with E-state index in [0.717, 1.165) is 0 Å². The number of aliphatic carboxylic acids is 1. The second kappa shape index (κ2) is 4.49. The van der Waals surface area contributed by atoms with Gasteiger partial charge < -0.3 is 9.84 Å². The van der Waals surface area contributed by atoms with E-state index in [9.17, 15) is 9.59 Å². The van der Waals surface area contributed by atoms with E-state index in [-0.39, 0.29) is 0 Å². The quantitative estimate of drug-likeness (QED) is 0.728. The Balaban J connectivity index is 2.72. The first-order valence-electron chi connectivity index (χ1n) is 5.42. The lowest BCUT2D eigenvalue weighted by atomic mass is 10.0. The number of carbonyl (C=O) groups is 2. The van der Waals surface area contributed by atoms with Crippen molar-refractivity contribution in [1.82, 2.24) is 5.32 Å². The van der Waals surface area contributed by atoms with Gasteiger partial charge in [-0.15, -0.1) is 11.8 Å². The molecule has 1 aliphatic rings. The van der Waals surface area contributed by atoms with E-state index in [1.165, 1.54) is 11.8 Å². The lowest BCUT2D eigenvalue weighted by Crippen LogP contribution is -2.46. The number of carboxylic acid groups (broad SMARTS) is 1. The molecule has 98 valence electrons. The summed E-state index contributed by atoms with van der Waals surface area (Å²) in [4.78, 5) is 22.9. The fourth-order valence-electron chi connectivity index (χ4n) is 1.60. The summed E-state index contributed by atoms with van der Waals surface area (Å²) < 4.78 is 4.69. The van der Waals surface area contributed by atoms with Crippen LogP contribution < -0.4 is 5.32 Å². The molecule has 1 rings (SSSR count). The largest absolute Gasteiger partial charge is 0.480 e. The van der Waals surface area contributed by atoms with Crippen LogP contribution in [0.5, 0.6) is 0 Å². The van der Waals surface area contributed by atoms with E-state index in [2.05, 4.69) is 5.32 Å².